The average Bonchev–Trinajstić information content (AvgIpc) is 2.49. The second-order valence-electron chi connectivity index (χ2n) is 3.47. The van der Waals surface area contributed by atoms with Crippen LogP contribution in [-0.2, 0) is 7.05 Å². The Kier molecular flexibility index (Phi) is 2.19. The maximum Gasteiger partial charge on any atom is 0.135 e. The van der Waals surface area contributed by atoms with Crippen molar-refractivity contribution in [1.29, 1.82) is 0 Å². The van der Waals surface area contributed by atoms with Crippen molar-refractivity contribution in [2.75, 3.05) is 13.1 Å². The zero-order chi connectivity index (χ0) is 9.26. The Morgan fingerprint density at radius 3 is 2.92 bits per heavy atom. The van der Waals surface area contributed by atoms with Gasteiger partial charge in [-0.05, 0) is 25.5 Å². The molecule has 0 bridgehead atoms. The molecule has 0 saturated heterocycles. The number of rotatable bonds is 1. The predicted octanol–water partition coefficient (Wildman–Crippen LogP) is 1.11. The van der Waals surface area contributed by atoms with Crippen molar-refractivity contribution >= 4 is 5.57 Å². The van der Waals surface area contributed by atoms with Gasteiger partial charge < -0.3 is 9.88 Å². The molecule has 0 unspecified atom stereocenters. The van der Waals surface area contributed by atoms with Gasteiger partial charge in [-0.25, -0.2) is 4.98 Å². The van der Waals surface area contributed by atoms with E-state index in [1.54, 1.807) is 0 Å². The van der Waals surface area contributed by atoms with Crippen molar-refractivity contribution < 1.29 is 0 Å². The highest BCUT2D eigenvalue weighted by atomic mass is 15.1. The molecule has 3 heteroatoms. The largest absolute Gasteiger partial charge is 0.332 e. The molecule has 0 radical (unpaired) electrons. The van der Waals surface area contributed by atoms with Gasteiger partial charge in [0.2, 0.25) is 0 Å². The summed E-state index contributed by atoms with van der Waals surface area (Å²) in [5, 5.41) is 3.30. The molecule has 1 aromatic heterocycles. The minimum Gasteiger partial charge on any atom is -0.332 e. The molecule has 3 nitrogen and oxygen atoms in total. The van der Waals surface area contributed by atoms with Gasteiger partial charge in [0.15, 0.2) is 0 Å². The second kappa shape index (κ2) is 3.34. The smallest absolute Gasteiger partial charge is 0.135 e. The van der Waals surface area contributed by atoms with Gasteiger partial charge in [0.1, 0.15) is 5.82 Å². The summed E-state index contributed by atoms with van der Waals surface area (Å²) in [4.78, 5) is 4.41. The molecular weight excluding hydrogens is 162 g/mol. The number of nitrogens with one attached hydrogen (secondary N) is 1. The fourth-order valence-electron chi connectivity index (χ4n) is 1.62. The Bertz CT molecular complexity index is 336. The van der Waals surface area contributed by atoms with Gasteiger partial charge in [-0.15, -0.1) is 0 Å². The lowest BCUT2D eigenvalue weighted by atomic mass is 10.1. The molecule has 70 valence electrons. The zero-order valence-corrected chi connectivity index (χ0v) is 8.17. The van der Waals surface area contributed by atoms with Crippen LogP contribution in [0.15, 0.2) is 12.3 Å². The Balaban J connectivity index is 2.34. The summed E-state index contributed by atoms with van der Waals surface area (Å²) in [6, 6.07) is 0. The van der Waals surface area contributed by atoms with Crippen molar-refractivity contribution in [2.45, 2.75) is 13.3 Å². The zero-order valence-electron chi connectivity index (χ0n) is 8.17. The number of nitrogens with zero attached hydrogens (tertiary/aromatic N) is 2. The van der Waals surface area contributed by atoms with E-state index in [-0.39, 0.29) is 0 Å². The van der Waals surface area contributed by atoms with Gasteiger partial charge in [-0.1, -0.05) is 6.08 Å². The van der Waals surface area contributed by atoms with Gasteiger partial charge in [-0.2, -0.15) is 0 Å². The molecule has 0 saturated carbocycles. The average molecular weight is 177 g/mol. The molecule has 1 aliphatic heterocycles. The Labute approximate surface area is 78.5 Å². The third-order valence-electron chi connectivity index (χ3n) is 2.57. The maximum atomic E-state index is 4.41. The van der Waals surface area contributed by atoms with Crippen molar-refractivity contribution in [2.24, 2.45) is 7.05 Å². The molecular formula is C10H15N3. The van der Waals surface area contributed by atoms with Crippen LogP contribution in [0.5, 0.6) is 0 Å². The van der Waals surface area contributed by atoms with E-state index in [0.29, 0.717) is 0 Å². The van der Waals surface area contributed by atoms with E-state index in [0.717, 1.165) is 25.3 Å². The first kappa shape index (κ1) is 8.51. The van der Waals surface area contributed by atoms with Crippen LogP contribution in [-0.4, -0.2) is 22.6 Å². The van der Waals surface area contributed by atoms with E-state index in [4.69, 9.17) is 0 Å². The van der Waals surface area contributed by atoms with Gasteiger partial charge in [-0.3, -0.25) is 0 Å². The first-order valence-corrected chi connectivity index (χ1v) is 4.67. The SMILES string of the molecule is Cc1cnc(C2=CCNCC2)n1C. The van der Waals surface area contributed by atoms with E-state index >= 15 is 0 Å². The van der Waals surface area contributed by atoms with Gasteiger partial charge in [0, 0.05) is 25.5 Å². The molecule has 0 fully saturated rings. The topological polar surface area (TPSA) is 29.9 Å². The third kappa shape index (κ3) is 1.52. The number of imidazole rings is 1. The molecule has 1 N–H and O–H groups in total. The van der Waals surface area contributed by atoms with Crippen LogP contribution in [0.3, 0.4) is 0 Å². The fourth-order valence-corrected chi connectivity index (χ4v) is 1.62. The van der Waals surface area contributed by atoms with Crippen LogP contribution >= 0.6 is 0 Å². The summed E-state index contributed by atoms with van der Waals surface area (Å²) < 4.78 is 2.15. The summed E-state index contributed by atoms with van der Waals surface area (Å²) in [7, 11) is 2.07. The van der Waals surface area contributed by atoms with Crippen LogP contribution in [0.4, 0.5) is 0 Å². The first-order chi connectivity index (χ1) is 6.29. The summed E-state index contributed by atoms with van der Waals surface area (Å²) >= 11 is 0. The summed E-state index contributed by atoms with van der Waals surface area (Å²) in [5.74, 6) is 1.12. The van der Waals surface area contributed by atoms with E-state index < -0.39 is 0 Å². The van der Waals surface area contributed by atoms with Crippen molar-refractivity contribution in [3.63, 3.8) is 0 Å². The van der Waals surface area contributed by atoms with E-state index in [1.807, 2.05) is 6.20 Å². The van der Waals surface area contributed by atoms with Crippen LogP contribution in [0.2, 0.25) is 0 Å². The number of aryl methyl sites for hydroxylation is 1. The maximum absolute atomic E-state index is 4.41. The minimum atomic E-state index is 0.973. The monoisotopic (exact) mass is 177 g/mol. The molecule has 2 rings (SSSR count). The number of hydrogen-bond donors (Lipinski definition) is 1. The van der Waals surface area contributed by atoms with Crippen molar-refractivity contribution in [1.82, 2.24) is 14.9 Å². The predicted molar refractivity (Wildman–Crippen MR) is 53.4 cm³/mol. The molecule has 13 heavy (non-hydrogen) atoms. The standard InChI is InChI=1S/C10H15N3/c1-8-7-12-10(13(8)2)9-3-5-11-6-4-9/h3,7,11H,4-6H2,1-2H3. The Morgan fingerprint density at radius 2 is 2.38 bits per heavy atom. The lowest BCUT2D eigenvalue weighted by Gasteiger charge is -2.13. The molecule has 1 aromatic rings. The highest BCUT2D eigenvalue weighted by Gasteiger charge is 2.10. The summed E-state index contributed by atoms with van der Waals surface area (Å²) in [6.45, 7) is 4.12. The molecule has 2 heterocycles. The van der Waals surface area contributed by atoms with Crippen molar-refractivity contribution in [3.8, 4) is 0 Å². The molecule has 0 spiro atoms. The van der Waals surface area contributed by atoms with E-state index in [9.17, 15) is 0 Å². The summed E-state index contributed by atoms with van der Waals surface area (Å²) in [6.07, 6.45) is 5.24. The van der Waals surface area contributed by atoms with E-state index in [1.165, 1.54) is 11.3 Å². The number of hydrogen-bond acceptors (Lipinski definition) is 2. The lowest BCUT2D eigenvalue weighted by Crippen LogP contribution is -2.21. The van der Waals surface area contributed by atoms with E-state index in [2.05, 4.69) is 34.9 Å². The molecule has 0 amide bonds. The third-order valence-corrected chi connectivity index (χ3v) is 2.57. The highest BCUT2D eigenvalue weighted by molar-refractivity contribution is 5.61. The van der Waals surface area contributed by atoms with Crippen molar-refractivity contribution in [3.05, 3.63) is 23.8 Å². The first-order valence-electron chi connectivity index (χ1n) is 4.67. The van der Waals surface area contributed by atoms with Crippen LogP contribution in [0, 0.1) is 6.92 Å². The van der Waals surface area contributed by atoms with Crippen LogP contribution in [0.25, 0.3) is 5.57 Å². The lowest BCUT2D eigenvalue weighted by molar-refractivity contribution is 0.727. The van der Waals surface area contributed by atoms with Gasteiger partial charge in [0.25, 0.3) is 0 Å². The molecule has 1 aliphatic rings. The molecule has 0 aliphatic carbocycles. The highest BCUT2D eigenvalue weighted by Crippen LogP contribution is 2.18. The minimum absolute atomic E-state index is 0.973. The van der Waals surface area contributed by atoms with Crippen LogP contribution in [0.1, 0.15) is 17.9 Å². The molecule has 0 atom stereocenters. The fraction of sp³-hybridized carbons (Fsp3) is 0.500. The molecule has 0 aromatic carbocycles. The van der Waals surface area contributed by atoms with Gasteiger partial charge in [0.05, 0.1) is 0 Å². The summed E-state index contributed by atoms with van der Waals surface area (Å²) in [5.41, 5.74) is 2.59. The van der Waals surface area contributed by atoms with Gasteiger partial charge >= 0.3 is 0 Å². The second-order valence-corrected chi connectivity index (χ2v) is 3.47. The van der Waals surface area contributed by atoms with Crippen LogP contribution < -0.4 is 5.32 Å². The Hall–Kier alpha value is -1.09. The Morgan fingerprint density at radius 1 is 1.54 bits per heavy atom. The number of aromatic nitrogens is 2. The quantitative estimate of drug-likeness (QED) is 0.696. The normalized spacial score (nSPS) is 17.2.